The Hall–Kier alpha value is -2.64. The summed E-state index contributed by atoms with van der Waals surface area (Å²) in [5.74, 6) is 0.624. The highest BCUT2D eigenvalue weighted by molar-refractivity contribution is 6.00. The van der Waals surface area contributed by atoms with E-state index in [0.29, 0.717) is 12.2 Å². The van der Waals surface area contributed by atoms with Crippen molar-refractivity contribution in [2.24, 2.45) is 0 Å². The Morgan fingerprint density at radius 2 is 2.21 bits per heavy atom. The third kappa shape index (κ3) is 3.95. The van der Waals surface area contributed by atoms with E-state index in [2.05, 4.69) is 41.3 Å². The second kappa shape index (κ2) is 8.16. The number of fused-ring (bicyclic) bond motifs is 1. The highest BCUT2D eigenvalue weighted by Crippen LogP contribution is 2.23. The lowest BCUT2D eigenvalue weighted by atomic mass is 10.2. The standard InChI is InChI=1S/C21H27N5O2/c1-24(2)11-12-25-10-8-16(15-25)20-23-19(18-7-3-4-9-26(18)20)21(27)22-14-17-6-5-13-28-17/h3-4,7-10,15,17H,5-6,11-14H2,1-2H3,(H,22,27)/t17-/m0/s1. The first kappa shape index (κ1) is 18.7. The molecule has 0 spiro atoms. The van der Waals surface area contributed by atoms with Gasteiger partial charge in [0.2, 0.25) is 0 Å². The summed E-state index contributed by atoms with van der Waals surface area (Å²) in [4.78, 5) is 19.6. The molecule has 1 aliphatic rings. The topological polar surface area (TPSA) is 63.8 Å². The summed E-state index contributed by atoms with van der Waals surface area (Å²) < 4.78 is 9.73. The number of aromatic nitrogens is 3. The van der Waals surface area contributed by atoms with Gasteiger partial charge in [0.1, 0.15) is 5.82 Å². The molecule has 1 aliphatic heterocycles. The van der Waals surface area contributed by atoms with Gasteiger partial charge in [-0.05, 0) is 45.1 Å². The van der Waals surface area contributed by atoms with Gasteiger partial charge in [-0.1, -0.05) is 6.07 Å². The number of carbonyl (C=O) groups excluding carboxylic acids is 1. The minimum Gasteiger partial charge on any atom is -0.376 e. The maximum Gasteiger partial charge on any atom is 0.272 e. The quantitative estimate of drug-likeness (QED) is 0.682. The van der Waals surface area contributed by atoms with Crippen LogP contribution in [0.4, 0.5) is 0 Å². The number of rotatable bonds is 7. The minimum absolute atomic E-state index is 0.114. The maximum absolute atomic E-state index is 12.8. The van der Waals surface area contributed by atoms with Crippen LogP contribution in [0.25, 0.3) is 16.9 Å². The number of hydrogen-bond donors (Lipinski definition) is 1. The molecule has 3 aromatic heterocycles. The second-order valence-corrected chi connectivity index (χ2v) is 7.53. The fourth-order valence-electron chi connectivity index (χ4n) is 3.53. The predicted molar refractivity (Wildman–Crippen MR) is 108 cm³/mol. The van der Waals surface area contributed by atoms with E-state index in [1.807, 2.05) is 34.9 Å². The Balaban J connectivity index is 1.58. The Morgan fingerprint density at radius 3 is 3.00 bits per heavy atom. The minimum atomic E-state index is -0.155. The number of ether oxygens (including phenoxy) is 1. The fraction of sp³-hybridized carbons (Fsp3) is 0.429. The van der Waals surface area contributed by atoms with E-state index in [9.17, 15) is 4.79 Å². The van der Waals surface area contributed by atoms with Gasteiger partial charge in [0.25, 0.3) is 5.91 Å². The van der Waals surface area contributed by atoms with Crippen LogP contribution in [0.15, 0.2) is 42.9 Å². The average molecular weight is 381 g/mol. The number of carbonyl (C=O) groups is 1. The van der Waals surface area contributed by atoms with Gasteiger partial charge in [-0.3, -0.25) is 9.20 Å². The van der Waals surface area contributed by atoms with Crippen molar-refractivity contribution >= 4 is 11.4 Å². The lowest BCUT2D eigenvalue weighted by molar-refractivity contribution is 0.0855. The van der Waals surface area contributed by atoms with Crippen molar-refractivity contribution in [2.45, 2.75) is 25.5 Å². The SMILES string of the molecule is CN(C)CCn1ccc(-c2nc(C(=O)NC[C@@H]3CCCO3)c3ccccn23)c1. The summed E-state index contributed by atoms with van der Waals surface area (Å²) in [6.07, 6.45) is 8.26. The van der Waals surface area contributed by atoms with Crippen molar-refractivity contribution in [2.75, 3.05) is 33.8 Å². The fourth-order valence-corrected chi connectivity index (χ4v) is 3.53. The lowest BCUT2D eigenvalue weighted by Crippen LogP contribution is -2.32. The molecule has 7 heteroatoms. The second-order valence-electron chi connectivity index (χ2n) is 7.53. The van der Waals surface area contributed by atoms with E-state index in [-0.39, 0.29) is 12.0 Å². The van der Waals surface area contributed by atoms with E-state index < -0.39 is 0 Å². The molecule has 0 saturated carbocycles. The third-order valence-electron chi connectivity index (χ3n) is 5.09. The van der Waals surface area contributed by atoms with Crippen molar-refractivity contribution < 1.29 is 9.53 Å². The van der Waals surface area contributed by atoms with Gasteiger partial charge in [-0.25, -0.2) is 4.98 Å². The van der Waals surface area contributed by atoms with Gasteiger partial charge in [0.05, 0.1) is 11.6 Å². The number of imidazole rings is 1. The number of nitrogens with one attached hydrogen (secondary N) is 1. The Bertz CT molecular complexity index is 953. The van der Waals surface area contributed by atoms with Crippen LogP contribution in [0.5, 0.6) is 0 Å². The summed E-state index contributed by atoms with van der Waals surface area (Å²) >= 11 is 0. The maximum atomic E-state index is 12.8. The van der Waals surface area contributed by atoms with Crippen LogP contribution in [-0.2, 0) is 11.3 Å². The highest BCUT2D eigenvalue weighted by atomic mass is 16.5. The molecule has 148 valence electrons. The lowest BCUT2D eigenvalue weighted by Gasteiger charge is -2.09. The van der Waals surface area contributed by atoms with E-state index in [1.165, 1.54) is 0 Å². The first-order valence-corrected chi connectivity index (χ1v) is 9.79. The molecule has 7 nitrogen and oxygen atoms in total. The number of pyridine rings is 1. The zero-order chi connectivity index (χ0) is 19.5. The van der Waals surface area contributed by atoms with E-state index in [4.69, 9.17) is 9.72 Å². The Kier molecular flexibility index (Phi) is 5.45. The molecule has 1 atom stereocenters. The predicted octanol–water partition coefficient (Wildman–Crippen LogP) is 2.27. The van der Waals surface area contributed by atoms with Crippen molar-refractivity contribution in [1.82, 2.24) is 24.2 Å². The first-order valence-electron chi connectivity index (χ1n) is 9.79. The van der Waals surface area contributed by atoms with Crippen molar-refractivity contribution in [3.63, 3.8) is 0 Å². The van der Waals surface area contributed by atoms with Crippen LogP contribution < -0.4 is 5.32 Å². The van der Waals surface area contributed by atoms with Crippen LogP contribution in [0.3, 0.4) is 0 Å². The van der Waals surface area contributed by atoms with Crippen molar-refractivity contribution in [3.8, 4) is 11.4 Å². The van der Waals surface area contributed by atoms with Gasteiger partial charge < -0.3 is 19.5 Å². The van der Waals surface area contributed by atoms with Crippen LogP contribution in [-0.4, -0.2) is 64.7 Å². The number of hydrogen-bond acceptors (Lipinski definition) is 4. The molecule has 1 saturated heterocycles. The summed E-state index contributed by atoms with van der Waals surface area (Å²) in [5, 5.41) is 2.99. The monoisotopic (exact) mass is 381 g/mol. The molecule has 0 bridgehead atoms. The van der Waals surface area contributed by atoms with Crippen LogP contribution in [0.1, 0.15) is 23.3 Å². The van der Waals surface area contributed by atoms with Gasteiger partial charge in [0.15, 0.2) is 5.69 Å². The number of likely N-dealkylation sites (N-methyl/N-ethyl adjacent to an activating group) is 1. The van der Waals surface area contributed by atoms with Gasteiger partial charge in [-0.2, -0.15) is 0 Å². The molecule has 4 rings (SSSR count). The largest absolute Gasteiger partial charge is 0.376 e. The molecule has 0 aliphatic carbocycles. The molecule has 28 heavy (non-hydrogen) atoms. The Morgan fingerprint density at radius 1 is 1.32 bits per heavy atom. The summed E-state index contributed by atoms with van der Waals surface area (Å²) in [6.45, 7) is 3.18. The van der Waals surface area contributed by atoms with Crippen molar-refractivity contribution in [1.29, 1.82) is 0 Å². The molecule has 1 N–H and O–H groups in total. The molecule has 0 aromatic carbocycles. The summed E-state index contributed by atoms with van der Waals surface area (Å²) in [7, 11) is 4.13. The molecular weight excluding hydrogens is 354 g/mol. The van der Waals surface area contributed by atoms with Crippen LogP contribution in [0.2, 0.25) is 0 Å². The van der Waals surface area contributed by atoms with Crippen molar-refractivity contribution in [3.05, 3.63) is 48.5 Å². The number of amides is 1. The van der Waals surface area contributed by atoms with Gasteiger partial charge in [-0.15, -0.1) is 0 Å². The number of nitrogens with zero attached hydrogens (tertiary/aromatic N) is 4. The molecule has 1 amide bonds. The molecule has 1 fully saturated rings. The average Bonchev–Trinajstić information content (AvgIpc) is 3.43. The van der Waals surface area contributed by atoms with Crippen LogP contribution in [0, 0.1) is 0 Å². The molecule has 0 radical (unpaired) electrons. The molecular formula is C21H27N5O2. The van der Waals surface area contributed by atoms with E-state index in [0.717, 1.165) is 49.4 Å². The van der Waals surface area contributed by atoms with E-state index in [1.54, 1.807) is 0 Å². The zero-order valence-corrected chi connectivity index (χ0v) is 16.5. The first-order chi connectivity index (χ1) is 13.6. The van der Waals surface area contributed by atoms with E-state index >= 15 is 0 Å². The Labute approximate surface area is 164 Å². The van der Waals surface area contributed by atoms with Crippen LogP contribution >= 0.6 is 0 Å². The molecule has 3 aromatic rings. The molecule has 4 heterocycles. The molecule has 0 unspecified atom stereocenters. The van der Waals surface area contributed by atoms with Gasteiger partial charge in [0, 0.05) is 50.4 Å². The van der Waals surface area contributed by atoms with Gasteiger partial charge >= 0.3 is 0 Å². The highest BCUT2D eigenvalue weighted by Gasteiger charge is 2.21. The third-order valence-corrected chi connectivity index (χ3v) is 5.09. The summed E-state index contributed by atoms with van der Waals surface area (Å²) in [6, 6.07) is 7.86. The zero-order valence-electron chi connectivity index (χ0n) is 16.5. The normalized spacial score (nSPS) is 16.9. The smallest absolute Gasteiger partial charge is 0.272 e. The summed E-state index contributed by atoms with van der Waals surface area (Å²) in [5.41, 5.74) is 2.26.